The maximum atomic E-state index is 5.96. The van der Waals surface area contributed by atoms with Crippen molar-refractivity contribution in [1.82, 2.24) is 0 Å². The van der Waals surface area contributed by atoms with Gasteiger partial charge in [0.1, 0.15) is 0 Å². The monoisotopic (exact) mass is 312 g/mol. The Kier molecular flexibility index (Phi) is 7.47. The highest BCUT2D eigenvalue weighted by Gasteiger charge is 2.10. The van der Waals surface area contributed by atoms with Gasteiger partial charge in [-0.05, 0) is 37.1 Å². The number of rotatable bonds is 10. The summed E-state index contributed by atoms with van der Waals surface area (Å²) in [6, 6.07) is 21.3. The molecule has 2 rings (SSSR count). The summed E-state index contributed by atoms with van der Waals surface area (Å²) < 4.78 is 5.96. The van der Waals surface area contributed by atoms with E-state index in [1.165, 1.54) is 0 Å². The minimum Gasteiger partial charge on any atom is -0.380 e. The maximum absolute atomic E-state index is 5.96. The fourth-order valence-electron chi connectivity index (χ4n) is 2.42. The van der Waals surface area contributed by atoms with Crippen molar-refractivity contribution < 1.29 is 4.74 Å². The Labute approximate surface area is 140 Å². The number of hydrogen-bond donors (Lipinski definition) is 2. The highest BCUT2D eigenvalue weighted by molar-refractivity contribution is 5.44. The fourth-order valence-corrected chi connectivity index (χ4v) is 2.42. The summed E-state index contributed by atoms with van der Waals surface area (Å²) >= 11 is 0. The van der Waals surface area contributed by atoms with Crippen molar-refractivity contribution in [1.29, 1.82) is 0 Å². The van der Waals surface area contributed by atoms with Crippen LogP contribution in [0.4, 0.5) is 11.4 Å². The van der Waals surface area contributed by atoms with Crippen molar-refractivity contribution in [3.8, 4) is 0 Å². The van der Waals surface area contributed by atoms with Gasteiger partial charge in [0, 0.05) is 23.5 Å². The second-order valence-electron chi connectivity index (χ2n) is 5.77. The van der Waals surface area contributed by atoms with Crippen LogP contribution in [0.25, 0.3) is 0 Å². The van der Waals surface area contributed by atoms with Crippen molar-refractivity contribution in [3.05, 3.63) is 60.7 Å². The van der Waals surface area contributed by atoms with Gasteiger partial charge in [-0.1, -0.05) is 50.2 Å². The van der Waals surface area contributed by atoms with Gasteiger partial charge in [-0.3, -0.25) is 0 Å². The van der Waals surface area contributed by atoms with Gasteiger partial charge in [0.15, 0.2) is 0 Å². The van der Waals surface area contributed by atoms with E-state index in [2.05, 4.69) is 48.7 Å². The van der Waals surface area contributed by atoms with E-state index in [4.69, 9.17) is 4.74 Å². The van der Waals surface area contributed by atoms with Crippen LogP contribution in [0.3, 0.4) is 0 Å². The van der Waals surface area contributed by atoms with E-state index in [0.717, 1.165) is 37.4 Å². The van der Waals surface area contributed by atoms with E-state index >= 15 is 0 Å². The molecule has 0 radical (unpaired) electrons. The molecule has 124 valence electrons. The molecular weight excluding hydrogens is 284 g/mol. The minimum atomic E-state index is 0.339. The zero-order valence-corrected chi connectivity index (χ0v) is 14.2. The Hall–Kier alpha value is -2.00. The summed E-state index contributed by atoms with van der Waals surface area (Å²) in [6.07, 6.45) is 2.08. The molecule has 0 saturated heterocycles. The van der Waals surface area contributed by atoms with E-state index in [1.807, 2.05) is 36.4 Å². The van der Waals surface area contributed by atoms with Crippen LogP contribution in [0, 0.1) is 0 Å². The maximum Gasteiger partial charge on any atom is 0.0668 e. The molecule has 0 aliphatic rings. The Morgan fingerprint density at radius 2 is 1.09 bits per heavy atom. The van der Waals surface area contributed by atoms with Gasteiger partial charge < -0.3 is 15.4 Å². The summed E-state index contributed by atoms with van der Waals surface area (Å²) in [5.74, 6) is 0. The van der Waals surface area contributed by atoms with Gasteiger partial charge >= 0.3 is 0 Å². The second kappa shape index (κ2) is 9.90. The first-order valence-electron chi connectivity index (χ1n) is 8.52. The fraction of sp³-hybridized carbons (Fsp3) is 0.400. The summed E-state index contributed by atoms with van der Waals surface area (Å²) in [7, 11) is 0. The van der Waals surface area contributed by atoms with Crippen molar-refractivity contribution in [3.63, 3.8) is 0 Å². The lowest BCUT2D eigenvalue weighted by atomic mass is 10.2. The molecule has 0 amide bonds. The average Bonchev–Trinajstić information content (AvgIpc) is 2.61. The quantitative estimate of drug-likeness (QED) is 0.662. The Balaban J connectivity index is 1.75. The van der Waals surface area contributed by atoms with E-state index in [1.54, 1.807) is 0 Å². The van der Waals surface area contributed by atoms with Gasteiger partial charge in [0.25, 0.3) is 0 Å². The lowest BCUT2D eigenvalue weighted by molar-refractivity contribution is 0.115. The Morgan fingerprint density at radius 1 is 0.696 bits per heavy atom. The van der Waals surface area contributed by atoms with Gasteiger partial charge in [-0.15, -0.1) is 0 Å². The van der Waals surface area contributed by atoms with Gasteiger partial charge in [-0.2, -0.15) is 0 Å². The van der Waals surface area contributed by atoms with E-state index in [0.29, 0.717) is 12.1 Å². The number of hydrogen-bond acceptors (Lipinski definition) is 3. The summed E-state index contributed by atoms with van der Waals surface area (Å²) in [5.41, 5.74) is 2.30. The van der Waals surface area contributed by atoms with Crippen molar-refractivity contribution >= 4 is 11.4 Å². The Bertz CT molecular complexity index is 480. The number of nitrogens with one attached hydrogen (secondary N) is 2. The molecule has 0 bridgehead atoms. The van der Waals surface area contributed by atoms with E-state index in [-0.39, 0.29) is 0 Å². The first-order valence-corrected chi connectivity index (χ1v) is 8.52. The molecule has 2 aromatic rings. The highest BCUT2D eigenvalue weighted by Crippen LogP contribution is 2.11. The SMILES string of the molecule is CCC(COCC(CC)Nc1ccccc1)Nc1ccccc1. The molecule has 0 aromatic heterocycles. The molecule has 3 heteroatoms. The molecule has 2 atom stereocenters. The third kappa shape index (κ3) is 6.33. The molecule has 2 N–H and O–H groups in total. The lowest BCUT2D eigenvalue weighted by Crippen LogP contribution is -2.30. The van der Waals surface area contributed by atoms with Crippen LogP contribution in [0.2, 0.25) is 0 Å². The van der Waals surface area contributed by atoms with Crippen molar-refractivity contribution in [2.24, 2.45) is 0 Å². The van der Waals surface area contributed by atoms with Gasteiger partial charge in [0.05, 0.1) is 13.2 Å². The largest absolute Gasteiger partial charge is 0.380 e. The summed E-state index contributed by atoms with van der Waals surface area (Å²) in [5, 5.41) is 7.05. The van der Waals surface area contributed by atoms with Crippen LogP contribution < -0.4 is 10.6 Å². The number of anilines is 2. The summed E-state index contributed by atoms with van der Waals surface area (Å²) in [4.78, 5) is 0. The molecule has 23 heavy (non-hydrogen) atoms. The van der Waals surface area contributed by atoms with E-state index in [9.17, 15) is 0 Å². The standard InChI is InChI=1S/C20H28N2O/c1-3-17(21-19-11-7-5-8-12-19)15-23-16-18(4-2)22-20-13-9-6-10-14-20/h5-14,17-18,21-22H,3-4,15-16H2,1-2H3. The van der Waals surface area contributed by atoms with Crippen LogP contribution in [0.15, 0.2) is 60.7 Å². The van der Waals surface area contributed by atoms with Crippen molar-refractivity contribution in [2.75, 3.05) is 23.8 Å². The molecule has 3 nitrogen and oxygen atoms in total. The van der Waals surface area contributed by atoms with Gasteiger partial charge in [-0.25, -0.2) is 0 Å². The minimum absolute atomic E-state index is 0.339. The van der Waals surface area contributed by atoms with Crippen LogP contribution >= 0.6 is 0 Å². The number of ether oxygens (including phenoxy) is 1. The molecule has 2 unspecified atom stereocenters. The molecular formula is C20H28N2O. The normalized spacial score (nSPS) is 13.3. The van der Waals surface area contributed by atoms with Crippen LogP contribution in [-0.2, 0) is 4.74 Å². The predicted molar refractivity (Wildman–Crippen MR) is 99.1 cm³/mol. The first-order chi connectivity index (χ1) is 11.3. The smallest absolute Gasteiger partial charge is 0.0668 e. The third-order valence-corrected chi connectivity index (χ3v) is 3.91. The molecule has 0 aliphatic carbocycles. The van der Waals surface area contributed by atoms with Gasteiger partial charge in [0.2, 0.25) is 0 Å². The predicted octanol–water partition coefficient (Wildman–Crippen LogP) is 4.78. The molecule has 0 heterocycles. The number of benzene rings is 2. The van der Waals surface area contributed by atoms with Crippen LogP contribution in [0.1, 0.15) is 26.7 Å². The zero-order chi connectivity index (χ0) is 16.3. The van der Waals surface area contributed by atoms with Crippen LogP contribution in [-0.4, -0.2) is 25.3 Å². The van der Waals surface area contributed by atoms with E-state index < -0.39 is 0 Å². The topological polar surface area (TPSA) is 33.3 Å². The second-order valence-corrected chi connectivity index (χ2v) is 5.77. The average molecular weight is 312 g/mol. The van der Waals surface area contributed by atoms with Crippen molar-refractivity contribution in [2.45, 2.75) is 38.8 Å². The molecule has 2 aromatic carbocycles. The van der Waals surface area contributed by atoms with Crippen LogP contribution in [0.5, 0.6) is 0 Å². The highest BCUT2D eigenvalue weighted by atomic mass is 16.5. The first kappa shape index (κ1) is 17.4. The molecule has 0 aliphatic heterocycles. The molecule has 0 saturated carbocycles. The lowest BCUT2D eigenvalue weighted by Gasteiger charge is -2.22. The number of para-hydroxylation sites is 2. The Morgan fingerprint density at radius 3 is 1.43 bits per heavy atom. The molecule has 0 fully saturated rings. The third-order valence-electron chi connectivity index (χ3n) is 3.91. The molecule has 0 spiro atoms. The zero-order valence-electron chi connectivity index (χ0n) is 14.2. The summed E-state index contributed by atoms with van der Waals surface area (Å²) in [6.45, 7) is 5.81.